The van der Waals surface area contributed by atoms with Crippen LogP contribution in [0, 0.1) is 5.92 Å². The van der Waals surface area contributed by atoms with E-state index in [0.717, 1.165) is 49.2 Å². The Kier molecular flexibility index (Phi) is 5.85. The van der Waals surface area contributed by atoms with Crippen LogP contribution in [-0.4, -0.2) is 59.8 Å². The number of para-hydroxylation sites is 1. The molecule has 0 aliphatic carbocycles. The van der Waals surface area contributed by atoms with Gasteiger partial charge in [-0.25, -0.2) is 0 Å². The summed E-state index contributed by atoms with van der Waals surface area (Å²) in [5.74, 6) is 0.855. The number of rotatable bonds is 7. The van der Waals surface area contributed by atoms with E-state index in [1.54, 1.807) is 13.2 Å². The fraction of sp³-hybridized carbons (Fsp3) is 0.440. The number of hydrogen-bond donors (Lipinski definition) is 1. The van der Waals surface area contributed by atoms with Crippen LogP contribution in [0.25, 0.3) is 10.9 Å². The zero-order chi connectivity index (χ0) is 22.1. The Morgan fingerprint density at radius 3 is 2.84 bits per heavy atom. The van der Waals surface area contributed by atoms with Crippen molar-refractivity contribution in [3.05, 3.63) is 70.3 Å². The first-order valence-corrected chi connectivity index (χ1v) is 11.4. The second-order valence-electron chi connectivity index (χ2n) is 8.96. The predicted molar refractivity (Wildman–Crippen MR) is 124 cm³/mol. The van der Waals surface area contributed by atoms with Gasteiger partial charge < -0.3 is 24.1 Å². The molecule has 1 amide bonds. The van der Waals surface area contributed by atoms with Crippen molar-refractivity contribution in [2.24, 2.45) is 5.92 Å². The summed E-state index contributed by atoms with van der Waals surface area (Å²) in [5.41, 5.74) is 3.03. The first-order chi connectivity index (χ1) is 15.6. The minimum Gasteiger partial charge on any atom is -0.383 e. The van der Waals surface area contributed by atoms with Crippen LogP contribution < -0.4 is 10.9 Å². The molecule has 2 aliphatic rings. The lowest BCUT2D eigenvalue weighted by Gasteiger charge is -2.42. The van der Waals surface area contributed by atoms with Gasteiger partial charge in [0.2, 0.25) is 0 Å². The standard InChI is InChI=1S/C25H30N4O3/c1-32-12-11-28-17-21(20-5-2-3-6-23(20)28)25(31)26-9-10-27-14-18-13-19(16-27)22-7-4-8-24(30)29(22)15-18/h2-8,17-19H,9-16H2,1H3,(H,26,31)/t18-,19+/m1/s1. The summed E-state index contributed by atoms with van der Waals surface area (Å²) >= 11 is 0. The highest BCUT2D eigenvalue weighted by molar-refractivity contribution is 6.07. The highest BCUT2D eigenvalue weighted by atomic mass is 16.5. The van der Waals surface area contributed by atoms with Crippen LogP contribution in [0.15, 0.2) is 53.5 Å². The topological polar surface area (TPSA) is 68.5 Å². The molecule has 2 bridgehead atoms. The Hall–Kier alpha value is -2.90. The van der Waals surface area contributed by atoms with Crippen molar-refractivity contribution in [2.75, 3.05) is 39.9 Å². The summed E-state index contributed by atoms with van der Waals surface area (Å²) in [6.07, 6.45) is 3.08. The number of methoxy groups -OCH3 is 1. The van der Waals surface area contributed by atoms with Crippen LogP contribution in [0.4, 0.5) is 0 Å². The Morgan fingerprint density at radius 2 is 1.97 bits per heavy atom. The molecule has 0 saturated carbocycles. The number of carbonyl (C=O) groups is 1. The van der Waals surface area contributed by atoms with Crippen LogP contribution in [-0.2, 0) is 17.8 Å². The van der Waals surface area contributed by atoms with Crippen LogP contribution in [0.2, 0.25) is 0 Å². The van der Waals surface area contributed by atoms with E-state index in [1.165, 1.54) is 0 Å². The maximum absolute atomic E-state index is 13.0. The molecule has 0 unspecified atom stereocenters. The molecule has 0 radical (unpaired) electrons. The van der Waals surface area contributed by atoms with Crippen molar-refractivity contribution < 1.29 is 9.53 Å². The highest BCUT2D eigenvalue weighted by Crippen LogP contribution is 2.34. The van der Waals surface area contributed by atoms with Gasteiger partial charge in [0.15, 0.2) is 0 Å². The molecule has 2 aliphatic heterocycles. The summed E-state index contributed by atoms with van der Waals surface area (Å²) in [7, 11) is 1.69. The molecule has 4 heterocycles. The lowest BCUT2D eigenvalue weighted by Crippen LogP contribution is -2.48. The summed E-state index contributed by atoms with van der Waals surface area (Å²) in [6, 6.07) is 13.6. The van der Waals surface area contributed by atoms with E-state index in [-0.39, 0.29) is 11.5 Å². The van der Waals surface area contributed by atoms with Gasteiger partial charge in [0.25, 0.3) is 11.5 Å². The van der Waals surface area contributed by atoms with E-state index >= 15 is 0 Å². The number of carbonyl (C=O) groups excluding carboxylic acids is 1. The molecule has 2 atom stereocenters. The predicted octanol–water partition coefficient (Wildman–Crippen LogP) is 2.30. The van der Waals surface area contributed by atoms with Crippen molar-refractivity contribution >= 4 is 16.8 Å². The number of amides is 1. The second kappa shape index (κ2) is 8.92. The number of ether oxygens (including phenoxy) is 1. The van der Waals surface area contributed by atoms with Gasteiger partial charge in [0, 0.05) is 81.2 Å². The third-order valence-corrected chi connectivity index (χ3v) is 6.84. The monoisotopic (exact) mass is 434 g/mol. The number of aromatic nitrogens is 2. The van der Waals surface area contributed by atoms with Gasteiger partial charge in [0.1, 0.15) is 0 Å². The van der Waals surface area contributed by atoms with Gasteiger partial charge in [-0.2, -0.15) is 0 Å². The van der Waals surface area contributed by atoms with Gasteiger partial charge in [-0.05, 0) is 24.5 Å². The van der Waals surface area contributed by atoms with E-state index in [9.17, 15) is 9.59 Å². The van der Waals surface area contributed by atoms with Crippen LogP contribution >= 0.6 is 0 Å². The van der Waals surface area contributed by atoms with Crippen LogP contribution in [0.3, 0.4) is 0 Å². The fourth-order valence-corrected chi connectivity index (χ4v) is 5.40. The van der Waals surface area contributed by atoms with E-state index in [4.69, 9.17) is 4.74 Å². The number of nitrogens with one attached hydrogen (secondary N) is 1. The van der Waals surface area contributed by atoms with Gasteiger partial charge >= 0.3 is 0 Å². The SMILES string of the molecule is COCCn1cc(C(=O)NCCN2C[C@H]3C[C@@H](C2)c2cccc(=O)n2C3)c2ccccc21. The smallest absolute Gasteiger partial charge is 0.253 e. The molecule has 5 rings (SSSR count). The molecule has 2 aromatic heterocycles. The summed E-state index contributed by atoms with van der Waals surface area (Å²) in [4.78, 5) is 27.6. The molecule has 1 aromatic carbocycles. The van der Waals surface area contributed by atoms with Crippen molar-refractivity contribution in [2.45, 2.75) is 25.4 Å². The third kappa shape index (κ3) is 3.98. The molecule has 7 nitrogen and oxygen atoms in total. The van der Waals surface area contributed by atoms with Crippen LogP contribution in [0.5, 0.6) is 0 Å². The largest absolute Gasteiger partial charge is 0.383 e. The third-order valence-electron chi connectivity index (χ3n) is 6.84. The second-order valence-corrected chi connectivity index (χ2v) is 8.96. The Labute approximate surface area is 187 Å². The molecular weight excluding hydrogens is 404 g/mol. The number of hydrogen-bond acceptors (Lipinski definition) is 4. The van der Waals surface area contributed by atoms with Crippen LogP contribution in [0.1, 0.15) is 28.4 Å². The van der Waals surface area contributed by atoms with Crippen molar-refractivity contribution in [3.63, 3.8) is 0 Å². The molecule has 3 aromatic rings. The number of benzene rings is 1. The Balaban J connectivity index is 1.22. The average Bonchev–Trinajstić information content (AvgIpc) is 3.17. The molecule has 7 heteroatoms. The first kappa shape index (κ1) is 21.0. The van der Waals surface area contributed by atoms with E-state index in [0.29, 0.717) is 37.1 Å². The highest BCUT2D eigenvalue weighted by Gasteiger charge is 2.34. The number of piperidine rings is 1. The Bertz CT molecular complexity index is 1180. The molecule has 0 spiro atoms. The molecule has 32 heavy (non-hydrogen) atoms. The van der Waals surface area contributed by atoms with Gasteiger partial charge in [0.05, 0.1) is 12.2 Å². The normalized spacial score (nSPS) is 20.3. The zero-order valence-corrected chi connectivity index (χ0v) is 18.5. The Morgan fingerprint density at radius 1 is 1.09 bits per heavy atom. The number of likely N-dealkylation sites (tertiary alicyclic amines) is 1. The summed E-state index contributed by atoms with van der Waals surface area (Å²) < 4.78 is 9.25. The van der Waals surface area contributed by atoms with Crippen molar-refractivity contribution in [3.8, 4) is 0 Å². The minimum absolute atomic E-state index is 0.0357. The molecule has 1 saturated heterocycles. The average molecular weight is 435 g/mol. The summed E-state index contributed by atoms with van der Waals surface area (Å²) in [6.45, 7) is 5.46. The van der Waals surface area contributed by atoms with Gasteiger partial charge in [-0.15, -0.1) is 0 Å². The molecule has 1 N–H and O–H groups in total. The summed E-state index contributed by atoms with van der Waals surface area (Å²) in [5, 5.41) is 4.09. The minimum atomic E-state index is -0.0357. The number of pyridine rings is 1. The number of nitrogens with zero attached hydrogens (tertiary/aromatic N) is 3. The van der Waals surface area contributed by atoms with E-state index in [1.807, 2.05) is 41.1 Å². The van der Waals surface area contributed by atoms with E-state index in [2.05, 4.69) is 20.9 Å². The molecular formula is C25H30N4O3. The lowest BCUT2D eigenvalue weighted by molar-refractivity contribution is 0.0928. The number of fused-ring (bicyclic) bond motifs is 5. The lowest BCUT2D eigenvalue weighted by atomic mass is 9.83. The van der Waals surface area contributed by atoms with Gasteiger partial charge in [-0.3, -0.25) is 9.59 Å². The van der Waals surface area contributed by atoms with Gasteiger partial charge in [-0.1, -0.05) is 24.3 Å². The molecule has 1 fully saturated rings. The maximum atomic E-state index is 13.0. The van der Waals surface area contributed by atoms with Crippen molar-refractivity contribution in [1.29, 1.82) is 0 Å². The van der Waals surface area contributed by atoms with Crippen molar-refractivity contribution in [1.82, 2.24) is 19.4 Å². The van der Waals surface area contributed by atoms with E-state index < -0.39 is 0 Å². The maximum Gasteiger partial charge on any atom is 0.253 e. The first-order valence-electron chi connectivity index (χ1n) is 11.4. The fourth-order valence-electron chi connectivity index (χ4n) is 5.40. The zero-order valence-electron chi connectivity index (χ0n) is 18.5. The quantitative estimate of drug-likeness (QED) is 0.620. The molecule has 168 valence electrons.